The molecule has 0 fully saturated rings. The number of ether oxygens (including phenoxy) is 1. The molecule has 17 heavy (non-hydrogen) atoms. The summed E-state index contributed by atoms with van der Waals surface area (Å²) in [5.41, 5.74) is 0. The molecule has 0 spiro atoms. The summed E-state index contributed by atoms with van der Waals surface area (Å²) in [6, 6.07) is 5.68. The topological polar surface area (TPSA) is 52.0 Å². The van der Waals surface area contributed by atoms with E-state index in [9.17, 15) is 0 Å². The van der Waals surface area contributed by atoms with Crippen molar-refractivity contribution in [2.75, 3.05) is 18.5 Å². The molecular formula is C12H16N4O. The number of anilines is 1. The third-order valence-corrected chi connectivity index (χ3v) is 2.26. The molecule has 1 N–H and O–H groups in total. The number of aromatic nitrogens is 3. The zero-order chi connectivity index (χ0) is 11.9. The van der Waals surface area contributed by atoms with Crippen molar-refractivity contribution in [2.45, 2.75) is 13.5 Å². The van der Waals surface area contributed by atoms with Gasteiger partial charge in [0.05, 0.1) is 13.2 Å². The fourth-order valence-electron chi connectivity index (χ4n) is 1.52. The number of hydrogen-bond donors (Lipinski definition) is 1. The Balaban J connectivity index is 1.89. The lowest BCUT2D eigenvalue weighted by Crippen LogP contribution is -2.12. The summed E-state index contributed by atoms with van der Waals surface area (Å²) in [5.74, 6) is 1.57. The molecule has 0 amide bonds. The van der Waals surface area contributed by atoms with Crippen LogP contribution in [0.25, 0.3) is 0 Å². The van der Waals surface area contributed by atoms with Crippen molar-refractivity contribution in [1.29, 1.82) is 0 Å². The molecule has 2 heterocycles. The van der Waals surface area contributed by atoms with E-state index in [0.29, 0.717) is 6.61 Å². The Morgan fingerprint density at radius 1 is 1.35 bits per heavy atom. The van der Waals surface area contributed by atoms with Crippen LogP contribution in [-0.2, 0) is 6.54 Å². The lowest BCUT2D eigenvalue weighted by Gasteiger charge is -2.10. The van der Waals surface area contributed by atoms with E-state index in [4.69, 9.17) is 4.74 Å². The molecule has 90 valence electrons. The Hall–Kier alpha value is -2.04. The molecule has 0 saturated heterocycles. The molecule has 0 unspecified atom stereocenters. The Morgan fingerprint density at radius 2 is 2.29 bits per heavy atom. The second-order valence-corrected chi connectivity index (χ2v) is 3.48. The molecule has 2 rings (SSSR count). The van der Waals surface area contributed by atoms with Gasteiger partial charge in [-0.15, -0.1) is 0 Å². The van der Waals surface area contributed by atoms with Crippen molar-refractivity contribution < 1.29 is 4.74 Å². The third-order valence-electron chi connectivity index (χ3n) is 2.26. The van der Waals surface area contributed by atoms with Crippen LogP contribution >= 0.6 is 0 Å². The summed E-state index contributed by atoms with van der Waals surface area (Å²) < 4.78 is 7.35. The number of nitrogens with zero attached hydrogens (tertiary/aromatic N) is 3. The van der Waals surface area contributed by atoms with Crippen LogP contribution in [0.3, 0.4) is 0 Å². The van der Waals surface area contributed by atoms with Gasteiger partial charge in [0.2, 0.25) is 0 Å². The average molecular weight is 232 g/mol. The van der Waals surface area contributed by atoms with Crippen LogP contribution in [0.5, 0.6) is 5.75 Å². The van der Waals surface area contributed by atoms with E-state index in [1.807, 2.05) is 36.0 Å². The lowest BCUT2D eigenvalue weighted by molar-refractivity contribution is 0.340. The van der Waals surface area contributed by atoms with Gasteiger partial charge in [0.1, 0.15) is 0 Å². The summed E-state index contributed by atoms with van der Waals surface area (Å²) in [6.07, 6.45) is 5.45. The molecule has 0 aromatic carbocycles. The number of hydrogen-bond acceptors (Lipinski definition) is 4. The first kappa shape index (κ1) is 11.4. The fourth-order valence-corrected chi connectivity index (χ4v) is 1.52. The molecule has 0 radical (unpaired) electrons. The smallest absolute Gasteiger partial charge is 0.168 e. The van der Waals surface area contributed by atoms with Gasteiger partial charge >= 0.3 is 0 Å². The third kappa shape index (κ3) is 3.21. The van der Waals surface area contributed by atoms with Crippen LogP contribution in [0.2, 0.25) is 0 Å². The minimum absolute atomic E-state index is 0.638. The van der Waals surface area contributed by atoms with Crippen LogP contribution in [0.1, 0.15) is 6.92 Å². The maximum Gasteiger partial charge on any atom is 0.168 e. The summed E-state index contributed by atoms with van der Waals surface area (Å²) >= 11 is 0. The Morgan fingerprint density at radius 3 is 3.06 bits per heavy atom. The van der Waals surface area contributed by atoms with Crippen molar-refractivity contribution in [3.63, 3.8) is 0 Å². The van der Waals surface area contributed by atoms with Crippen LogP contribution in [0.15, 0.2) is 36.8 Å². The first-order valence-electron chi connectivity index (χ1n) is 5.69. The first-order valence-corrected chi connectivity index (χ1v) is 5.69. The second-order valence-electron chi connectivity index (χ2n) is 3.48. The van der Waals surface area contributed by atoms with Crippen molar-refractivity contribution >= 4 is 5.82 Å². The number of rotatable bonds is 6. The lowest BCUT2D eigenvalue weighted by atomic mass is 10.4. The van der Waals surface area contributed by atoms with E-state index in [0.717, 1.165) is 24.7 Å². The molecule has 2 aromatic heterocycles. The minimum atomic E-state index is 0.638. The Labute approximate surface area is 100 Å². The largest absolute Gasteiger partial charge is 0.490 e. The predicted molar refractivity (Wildman–Crippen MR) is 66.1 cm³/mol. The molecule has 5 nitrogen and oxygen atoms in total. The molecule has 2 aromatic rings. The molecule has 5 heteroatoms. The van der Waals surface area contributed by atoms with Crippen LogP contribution in [-0.4, -0.2) is 27.9 Å². The van der Waals surface area contributed by atoms with Gasteiger partial charge in [-0.3, -0.25) is 4.68 Å². The quantitative estimate of drug-likeness (QED) is 0.825. The van der Waals surface area contributed by atoms with Crippen molar-refractivity contribution in [3.8, 4) is 5.75 Å². The SMILES string of the molecule is CCOc1cccnc1NCCn1cccn1. The van der Waals surface area contributed by atoms with E-state index in [1.165, 1.54) is 0 Å². The number of nitrogens with one attached hydrogen (secondary N) is 1. The van der Waals surface area contributed by atoms with Gasteiger partial charge < -0.3 is 10.1 Å². The van der Waals surface area contributed by atoms with E-state index in [1.54, 1.807) is 12.4 Å². The van der Waals surface area contributed by atoms with Crippen LogP contribution in [0.4, 0.5) is 5.82 Å². The molecule has 0 aliphatic rings. The highest BCUT2D eigenvalue weighted by Gasteiger charge is 2.02. The van der Waals surface area contributed by atoms with Crippen molar-refractivity contribution in [2.24, 2.45) is 0 Å². The fraction of sp³-hybridized carbons (Fsp3) is 0.333. The molecule has 0 atom stereocenters. The van der Waals surface area contributed by atoms with Crippen molar-refractivity contribution in [3.05, 3.63) is 36.8 Å². The van der Waals surface area contributed by atoms with E-state index < -0.39 is 0 Å². The first-order chi connectivity index (χ1) is 8.40. The average Bonchev–Trinajstić information content (AvgIpc) is 2.85. The standard InChI is InChI=1S/C12H16N4O/c1-2-17-11-5-3-6-13-12(11)14-8-10-16-9-4-7-15-16/h3-7,9H,2,8,10H2,1H3,(H,13,14). The van der Waals surface area contributed by atoms with Gasteiger partial charge in [-0.1, -0.05) is 0 Å². The van der Waals surface area contributed by atoms with Gasteiger partial charge in [0.25, 0.3) is 0 Å². The number of pyridine rings is 1. The highest BCUT2D eigenvalue weighted by Crippen LogP contribution is 2.20. The van der Waals surface area contributed by atoms with Crippen LogP contribution in [0, 0.1) is 0 Å². The minimum Gasteiger partial charge on any atom is -0.490 e. The second kappa shape index (κ2) is 5.89. The highest BCUT2D eigenvalue weighted by atomic mass is 16.5. The van der Waals surface area contributed by atoms with Gasteiger partial charge in [-0.25, -0.2) is 4.98 Å². The van der Waals surface area contributed by atoms with Crippen molar-refractivity contribution in [1.82, 2.24) is 14.8 Å². The van der Waals surface area contributed by atoms with Gasteiger partial charge in [-0.2, -0.15) is 5.10 Å². The van der Waals surface area contributed by atoms with E-state index >= 15 is 0 Å². The molecule has 0 saturated carbocycles. The summed E-state index contributed by atoms with van der Waals surface area (Å²) in [6.45, 7) is 4.16. The van der Waals surface area contributed by atoms with Gasteiger partial charge in [-0.05, 0) is 25.1 Å². The summed E-state index contributed by atoms with van der Waals surface area (Å²) in [4.78, 5) is 4.25. The monoisotopic (exact) mass is 232 g/mol. The molecule has 0 aliphatic carbocycles. The predicted octanol–water partition coefficient (Wildman–Crippen LogP) is 1.79. The van der Waals surface area contributed by atoms with E-state index in [2.05, 4.69) is 15.4 Å². The molecular weight excluding hydrogens is 216 g/mol. The van der Waals surface area contributed by atoms with Crippen LogP contribution < -0.4 is 10.1 Å². The highest BCUT2D eigenvalue weighted by molar-refractivity contribution is 5.49. The molecule has 0 bridgehead atoms. The Bertz CT molecular complexity index is 442. The Kier molecular flexibility index (Phi) is 3.96. The molecule has 0 aliphatic heterocycles. The van der Waals surface area contributed by atoms with E-state index in [-0.39, 0.29) is 0 Å². The van der Waals surface area contributed by atoms with Gasteiger partial charge in [0, 0.05) is 25.1 Å². The normalized spacial score (nSPS) is 10.2. The maximum atomic E-state index is 5.48. The summed E-state index contributed by atoms with van der Waals surface area (Å²) in [7, 11) is 0. The maximum absolute atomic E-state index is 5.48. The summed E-state index contributed by atoms with van der Waals surface area (Å²) in [5, 5.41) is 7.37. The van der Waals surface area contributed by atoms with Gasteiger partial charge in [0.15, 0.2) is 11.6 Å². The zero-order valence-electron chi connectivity index (χ0n) is 9.84. The zero-order valence-corrected chi connectivity index (χ0v) is 9.84.